The molecule has 120 valence electrons. The average molecular weight is 314 g/mol. The number of rotatable bonds is 4. The van der Waals surface area contributed by atoms with Crippen molar-refractivity contribution in [2.45, 2.75) is 56.7 Å². The van der Waals surface area contributed by atoms with Crippen LogP contribution >= 0.6 is 11.8 Å². The van der Waals surface area contributed by atoms with Crippen LogP contribution in [-0.2, 0) is 4.79 Å². The number of aliphatic carboxylic acids is 1. The van der Waals surface area contributed by atoms with Gasteiger partial charge in [0.15, 0.2) is 0 Å². The second-order valence-corrected chi connectivity index (χ2v) is 8.09. The first kappa shape index (κ1) is 16.5. The zero-order chi connectivity index (χ0) is 15.5. The number of carboxylic acid groups (broad SMARTS) is 1. The van der Waals surface area contributed by atoms with Crippen LogP contribution in [-0.4, -0.2) is 51.6 Å². The smallest absolute Gasteiger partial charge is 0.326 e. The van der Waals surface area contributed by atoms with E-state index in [1.54, 1.807) is 0 Å². The lowest BCUT2D eigenvalue weighted by molar-refractivity contribution is -0.144. The number of carbonyl (C=O) groups excluding carboxylic acids is 1. The normalized spacial score (nSPS) is 33.0. The molecule has 5 nitrogen and oxygen atoms in total. The van der Waals surface area contributed by atoms with E-state index in [0.717, 1.165) is 25.0 Å². The van der Waals surface area contributed by atoms with Crippen molar-refractivity contribution in [3.8, 4) is 0 Å². The quantitative estimate of drug-likeness (QED) is 0.837. The fraction of sp³-hybridized carbons (Fsp3) is 0.867. The lowest BCUT2D eigenvalue weighted by Gasteiger charge is -2.37. The molecule has 2 N–H and O–H groups in total. The number of amides is 2. The maximum absolute atomic E-state index is 12.3. The predicted molar refractivity (Wildman–Crippen MR) is 84.6 cm³/mol. The highest BCUT2D eigenvalue weighted by Crippen LogP contribution is 2.37. The maximum atomic E-state index is 12.3. The largest absolute Gasteiger partial charge is 0.480 e. The van der Waals surface area contributed by atoms with Crippen molar-refractivity contribution in [2.24, 2.45) is 5.92 Å². The average Bonchev–Trinajstić information content (AvgIpc) is 2.91. The second kappa shape index (κ2) is 6.90. The fourth-order valence-corrected chi connectivity index (χ4v) is 4.47. The molecule has 2 saturated heterocycles. The topological polar surface area (TPSA) is 69.6 Å². The first-order valence-electron chi connectivity index (χ1n) is 7.86. The molecule has 2 heterocycles. The molecule has 2 aliphatic rings. The SMILES string of the molecule is CCC1CCN(C(=O)NCC2(C)CCCS2)C(C(=O)O)C1. The number of piperidine rings is 1. The van der Waals surface area contributed by atoms with Gasteiger partial charge >= 0.3 is 12.0 Å². The number of likely N-dealkylation sites (tertiary alicyclic amines) is 1. The van der Waals surface area contributed by atoms with E-state index in [4.69, 9.17) is 0 Å². The molecule has 2 rings (SSSR count). The molecule has 0 aromatic carbocycles. The van der Waals surface area contributed by atoms with Gasteiger partial charge in [-0.3, -0.25) is 0 Å². The molecule has 0 aromatic heterocycles. The Labute approximate surface area is 130 Å². The molecule has 6 heteroatoms. The number of hydrogen-bond acceptors (Lipinski definition) is 3. The first-order valence-corrected chi connectivity index (χ1v) is 8.85. The molecular formula is C15H26N2O3S. The van der Waals surface area contributed by atoms with Gasteiger partial charge in [0.05, 0.1) is 0 Å². The summed E-state index contributed by atoms with van der Waals surface area (Å²) in [6.45, 7) is 5.42. The monoisotopic (exact) mass is 314 g/mol. The molecule has 0 bridgehead atoms. The molecule has 2 aliphatic heterocycles. The molecule has 2 amide bonds. The van der Waals surface area contributed by atoms with E-state index in [2.05, 4.69) is 19.2 Å². The lowest BCUT2D eigenvalue weighted by Crippen LogP contribution is -2.54. The van der Waals surface area contributed by atoms with Crippen LogP contribution in [0.1, 0.15) is 46.0 Å². The summed E-state index contributed by atoms with van der Waals surface area (Å²) in [7, 11) is 0. The molecule has 0 radical (unpaired) electrons. The maximum Gasteiger partial charge on any atom is 0.326 e. The summed E-state index contributed by atoms with van der Waals surface area (Å²) in [6, 6.07) is -0.890. The third-order valence-corrected chi connectivity index (χ3v) is 6.29. The van der Waals surface area contributed by atoms with Gasteiger partial charge in [0, 0.05) is 17.8 Å². The Morgan fingerprint density at radius 3 is 2.81 bits per heavy atom. The third kappa shape index (κ3) is 4.05. The van der Waals surface area contributed by atoms with Crippen LogP contribution in [0.4, 0.5) is 4.79 Å². The minimum absolute atomic E-state index is 0.107. The van der Waals surface area contributed by atoms with Gasteiger partial charge < -0.3 is 15.3 Å². The number of nitrogens with zero attached hydrogens (tertiary/aromatic N) is 1. The van der Waals surface area contributed by atoms with Gasteiger partial charge in [-0.25, -0.2) is 9.59 Å². The van der Waals surface area contributed by atoms with Crippen molar-refractivity contribution in [1.82, 2.24) is 10.2 Å². The standard InChI is InChI=1S/C15H26N2O3S/c1-3-11-5-7-17(12(9-11)13(18)19)14(20)16-10-15(2)6-4-8-21-15/h11-12H,3-10H2,1-2H3,(H,16,20)(H,18,19). The summed E-state index contributed by atoms with van der Waals surface area (Å²) < 4.78 is 0.107. The fourth-order valence-electron chi connectivity index (χ4n) is 3.23. The van der Waals surface area contributed by atoms with Crippen molar-refractivity contribution in [2.75, 3.05) is 18.8 Å². The van der Waals surface area contributed by atoms with Crippen molar-refractivity contribution >= 4 is 23.8 Å². The zero-order valence-corrected chi connectivity index (χ0v) is 13.7. The van der Waals surface area contributed by atoms with Gasteiger partial charge in [0.25, 0.3) is 0 Å². The number of urea groups is 1. The highest BCUT2D eigenvalue weighted by atomic mass is 32.2. The molecular weight excluding hydrogens is 288 g/mol. The van der Waals surface area contributed by atoms with Crippen LogP contribution in [0.3, 0.4) is 0 Å². The van der Waals surface area contributed by atoms with Crippen LogP contribution in [0.15, 0.2) is 0 Å². The van der Waals surface area contributed by atoms with E-state index < -0.39 is 12.0 Å². The van der Waals surface area contributed by atoms with E-state index >= 15 is 0 Å². The predicted octanol–water partition coefficient (Wildman–Crippen LogP) is 2.56. The molecule has 2 fully saturated rings. The summed E-state index contributed by atoms with van der Waals surface area (Å²) in [5, 5.41) is 12.3. The Morgan fingerprint density at radius 2 is 2.24 bits per heavy atom. The Bertz CT molecular complexity index is 396. The summed E-state index contributed by atoms with van der Waals surface area (Å²) >= 11 is 1.89. The second-order valence-electron chi connectivity index (χ2n) is 6.41. The van der Waals surface area contributed by atoms with Crippen molar-refractivity contribution in [3.63, 3.8) is 0 Å². The van der Waals surface area contributed by atoms with Crippen LogP contribution < -0.4 is 5.32 Å². The van der Waals surface area contributed by atoms with Crippen LogP contribution in [0, 0.1) is 5.92 Å². The van der Waals surface area contributed by atoms with Gasteiger partial charge in [-0.2, -0.15) is 11.8 Å². The molecule has 21 heavy (non-hydrogen) atoms. The Hall–Kier alpha value is -0.910. The highest BCUT2D eigenvalue weighted by Gasteiger charge is 2.37. The minimum atomic E-state index is -0.884. The van der Waals surface area contributed by atoms with Gasteiger partial charge in [-0.05, 0) is 44.3 Å². The van der Waals surface area contributed by atoms with Gasteiger partial charge in [0.1, 0.15) is 6.04 Å². The summed E-state index contributed by atoms with van der Waals surface area (Å²) in [6.07, 6.45) is 4.76. The van der Waals surface area contributed by atoms with E-state index in [9.17, 15) is 14.7 Å². The number of thioether (sulfide) groups is 1. The van der Waals surface area contributed by atoms with Crippen molar-refractivity contribution in [1.29, 1.82) is 0 Å². The van der Waals surface area contributed by atoms with E-state index in [1.807, 2.05) is 11.8 Å². The van der Waals surface area contributed by atoms with E-state index in [-0.39, 0.29) is 10.8 Å². The molecule has 0 spiro atoms. The lowest BCUT2D eigenvalue weighted by atomic mass is 9.89. The first-order chi connectivity index (χ1) is 9.95. The summed E-state index contributed by atoms with van der Waals surface area (Å²) in [5.41, 5.74) is 0. The van der Waals surface area contributed by atoms with Crippen molar-refractivity contribution in [3.05, 3.63) is 0 Å². The Morgan fingerprint density at radius 1 is 1.48 bits per heavy atom. The Kier molecular flexibility index (Phi) is 5.41. The van der Waals surface area contributed by atoms with Crippen molar-refractivity contribution < 1.29 is 14.7 Å². The molecule has 3 unspecified atom stereocenters. The Balaban J connectivity index is 1.92. The zero-order valence-electron chi connectivity index (χ0n) is 12.9. The van der Waals surface area contributed by atoms with Gasteiger partial charge in [-0.15, -0.1) is 0 Å². The highest BCUT2D eigenvalue weighted by molar-refractivity contribution is 8.00. The molecule has 0 aliphatic carbocycles. The van der Waals surface area contributed by atoms with Crippen LogP contribution in [0.5, 0.6) is 0 Å². The molecule has 0 saturated carbocycles. The molecule has 0 aromatic rings. The van der Waals surface area contributed by atoms with E-state index in [0.29, 0.717) is 25.4 Å². The minimum Gasteiger partial charge on any atom is -0.480 e. The summed E-state index contributed by atoms with van der Waals surface area (Å²) in [5.74, 6) is 0.675. The third-order valence-electron chi connectivity index (χ3n) is 4.75. The van der Waals surface area contributed by atoms with Crippen LogP contribution in [0.2, 0.25) is 0 Å². The number of carboxylic acids is 1. The number of nitrogens with one attached hydrogen (secondary N) is 1. The van der Waals surface area contributed by atoms with Crippen LogP contribution in [0.25, 0.3) is 0 Å². The van der Waals surface area contributed by atoms with E-state index in [1.165, 1.54) is 11.3 Å². The van der Waals surface area contributed by atoms with Gasteiger partial charge in [-0.1, -0.05) is 13.3 Å². The van der Waals surface area contributed by atoms with Gasteiger partial charge in [0.2, 0.25) is 0 Å². The number of hydrogen-bond donors (Lipinski definition) is 2. The molecule has 3 atom stereocenters. The summed E-state index contributed by atoms with van der Waals surface area (Å²) in [4.78, 5) is 25.3. The number of carbonyl (C=O) groups is 2.